The van der Waals surface area contributed by atoms with Gasteiger partial charge in [0.05, 0.1) is 5.69 Å². The van der Waals surface area contributed by atoms with E-state index < -0.39 is 0 Å². The number of aromatic nitrogens is 1. The summed E-state index contributed by atoms with van der Waals surface area (Å²) < 4.78 is 0. The molecular weight excluding hydrogens is 326 g/mol. The van der Waals surface area contributed by atoms with Crippen molar-refractivity contribution in [3.8, 4) is 11.3 Å². The highest BCUT2D eigenvalue weighted by Crippen LogP contribution is 2.25. The van der Waals surface area contributed by atoms with Gasteiger partial charge in [0.1, 0.15) is 0 Å². The number of amides is 3. The standard InChI is InChI=1S/C17H17N3O3S/c1-11-2-4-12(5-3-11)13-10-24-17(18-13)19-14(21)8-9-20-15(22)6-7-16(20)23/h2-5,10H,6-9H2,1H3,(H,18,19,21). The lowest BCUT2D eigenvalue weighted by atomic mass is 10.1. The van der Waals surface area contributed by atoms with Gasteiger partial charge in [0.15, 0.2) is 5.13 Å². The minimum absolute atomic E-state index is 0.0803. The molecule has 24 heavy (non-hydrogen) atoms. The molecule has 2 heterocycles. The van der Waals surface area contributed by atoms with Crippen LogP contribution in [0.1, 0.15) is 24.8 Å². The Bertz CT molecular complexity index is 767. The van der Waals surface area contributed by atoms with Crippen LogP contribution >= 0.6 is 11.3 Å². The fraction of sp³-hybridized carbons (Fsp3) is 0.294. The first-order valence-corrected chi connectivity index (χ1v) is 8.56. The Kier molecular flexibility index (Phi) is 4.71. The summed E-state index contributed by atoms with van der Waals surface area (Å²) in [6, 6.07) is 8.00. The molecule has 124 valence electrons. The number of rotatable bonds is 5. The summed E-state index contributed by atoms with van der Waals surface area (Å²) >= 11 is 1.35. The summed E-state index contributed by atoms with van der Waals surface area (Å²) in [5, 5.41) is 5.11. The third-order valence-electron chi connectivity index (χ3n) is 3.82. The van der Waals surface area contributed by atoms with E-state index in [1.54, 1.807) is 0 Å². The van der Waals surface area contributed by atoms with E-state index in [9.17, 15) is 14.4 Å². The summed E-state index contributed by atoms with van der Waals surface area (Å²) in [5.41, 5.74) is 2.97. The van der Waals surface area contributed by atoms with E-state index in [0.29, 0.717) is 5.13 Å². The molecule has 6 nitrogen and oxygen atoms in total. The lowest BCUT2D eigenvalue weighted by molar-refractivity contribution is -0.138. The van der Waals surface area contributed by atoms with E-state index in [1.807, 2.05) is 36.6 Å². The average molecular weight is 343 g/mol. The van der Waals surface area contributed by atoms with Crippen LogP contribution < -0.4 is 5.32 Å². The number of carbonyl (C=O) groups excluding carboxylic acids is 3. The zero-order valence-corrected chi connectivity index (χ0v) is 14.1. The largest absolute Gasteiger partial charge is 0.302 e. The molecule has 2 aromatic rings. The first kappa shape index (κ1) is 16.3. The number of nitrogens with zero attached hydrogens (tertiary/aromatic N) is 2. The number of thiazole rings is 1. The molecule has 1 fully saturated rings. The van der Waals surface area contributed by atoms with Crippen LogP contribution in [0.5, 0.6) is 0 Å². The Hall–Kier alpha value is -2.54. The molecule has 1 aromatic carbocycles. The van der Waals surface area contributed by atoms with E-state index in [4.69, 9.17) is 0 Å². The zero-order chi connectivity index (χ0) is 17.1. The van der Waals surface area contributed by atoms with E-state index in [0.717, 1.165) is 16.2 Å². The second kappa shape index (κ2) is 6.92. The Labute approximate surface area is 143 Å². The van der Waals surface area contributed by atoms with Crippen molar-refractivity contribution in [3.05, 3.63) is 35.2 Å². The number of imide groups is 1. The third-order valence-corrected chi connectivity index (χ3v) is 4.57. The van der Waals surface area contributed by atoms with Crippen LogP contribution in [0, 0.1) is 6.92 Å². The topological polar surface area (TPSA) is 79.4 Å². The summed E-state index contributed by atoms with van der Waals surface area (Å²) in [4.78, 5) is 40.5. The van der Waals surface area contributed by atoms with Crippen LogP contribution in [-0.4, -0.2) is 34.2 Å². The van der Waals surface area contributed by atoms with Gasteiger partial charge in [-0.25, -0.2) is 4.98 Å². The molecule has 1 aromatic heterocycles. The lowest BCUT2D eigenvalue weighted by Gasteiger charge is -2.12. The van der Waals surface area contributed by atoms with Crippen LogP contribution in [0.2, 0.25) is 0 Å². The normalized spacial score (nSPS) is 14.3. The van der Waals surface area contributed by atoms with Crippen LogP contribution in [0.3, 0.4) is 0 Å². The number of benzene rings is 1. The summed E-state index contributed by atoms with van der Waals surface area (Å²) in [6.45, 7) is 2.14. The second-order valence-corrected chi connectivity index (χ2v) is 6.50. The lowest BCUT2D eigenvalue weighted by Crippen LogP contribution is -2.32. The van der Waals surface area contributed by atoms with Crippen molar-refractivity contribution < 1.29 is 14.4 Å². The predicted octanol–water partition coefficient (Wildman–Crippen LogP) is 2.60. The Morgan fingerprint density at radius 2 is 1.88 bits per heavy atom. The minimum atomic E-state index is -0.257. The molecule has 0 unspecified atom stereocenters. The molecule has 3 rings (SSSR count). The van der Waals surface area contributed by atoms with Crippen LogP contribution in [0.15, 0.2) is 29.6 Å². The Morgan fingerprint density at radius 3 is 2.54 bits per heavy atom. The van der Waals surface area contributed by atoms with Crippen molar-refractivity contribution in [2.24, 2.45) is 0 Å². The van der Waals surface area contributed by atoms with E-state index in [-0.39, 0.29) is 43.5 Å². The minimum Gasteiger partial charge on any atom is -0.302 e. The van der Waals surface area contributed by atoms with Crippen molar-refractivity contribution in [2.75, 3.05) is 11.9 Å². The fourth-order valence-corrected chi connectivity index (χ4v) is 3.19. The smallest absolute Gasteiger partial charge is 0.229 e. The molecule has 0 saturated carbocycles. The van der Waals surface area contributed by atoms with Gasteiger partial charge in [-0.15, -0.1) is 11.3 Å². The number of anilines is 1. The number of nitrogens with one attached hydrogen (secondary N) is 1. The molecule has 0 aliphatic carbocycles. The van der Waals surface area contributed by atoms with Gasteiger partial charge in [-0.2, -0.15) is 0 Å². The summed E-state index contributed by atoms with van der Waals surface area (Å²) in [5.74, 6) is -0.667. The van der Waals surface area contributed by atoms with E-state index >= 15 is 0 Å². The van der Waals surface area contributed by atoms with Crippen molar-refractivity contribution in [2.45, 2.75) is 26.2 Å². The van der Waals surface area contributed by atoms with Crippen LogP contribution in [0.4, 0.5) is 5.13 Å². The summed E-state index contributed by atoms with van der Waals surface area (Å²) in [7, 11) is 0. The molecule has 7 heteroatoms. The van der Waals surface area contributed by atoms with Crippen molar-refractivity contribution in [1.82, 2.24) is 9.88 Å². The van der Waals surface area contributed by atoms with Gasteiger partial charge in [-0.1, -0.05) is 29.8 Å². The maximum Gasteiger partial charge on any atom is 0.229 e. The second-order valence-electron chi connectivity index (χ2n) is 5.64. The maximum absolute atomic E-state index is 12.0. The van der Waals surface area contributed by atoms with Crippen LogP contribution in [0.25, 0.3) is 11.3 Å². The first-order chi connectivity index (χ1) is 11.5. The third kappa shape index (κ3) is 3.68. The van der Waals surface area contributed by atoms with Gasteiger partial charge in [0.25, 0.3) is 0 Å². The van der Waals surface area contributed by atoms with E-state index in [2.05, 4.69) is 10.3 Å². The fourth-order valence-electron chi connectivity index (χ4n) is 2.46. The number of likely N-dealkylation sites (tertiary alicyclic amines) is 1. The monoisotopic (exact) mass is 343 g/mol. The van der Waals surface area contributed by atoms with Gasteiger partial charge in [-0.3, -0.25) is 19.3 Å². The molecule has 0 radical (unpaired) electrons. The molecule has 3 amide bonds. The van der Waals surface area contributed by atoms with Crippen molar-refractivity contribution >= 4 is 34.2 Å². The molecule has 1 saturated heterocycles. The number of hydrogen-bond donors (Lipinski definition) is 1. The maximum atomic E-state index is 12.0. The SMILES string of the molecule is Cc1ccc(-c2csc(NC(=O)CCN3C(=O)CCC3=O)n2)cc1. The van der Waals surface area contributed by atoms with Crippen molar-refractivity contribution in [3.63, 3.8) is 0 Å². The van der Waals surface area contributed by atoms with Gasteiger partial charge >= 0.3 is 0 Å². The summed E-state index contributed by atoms with van der Waals surface area (Å²) in [6.07, 6.45) is 0.566. The highest BCUT2D eigenvalue weighted by atomic mass is 32.1. The molecule has 0 spiro atoms. The van der Waals surface area contributed by atoms with Gasteiger partial charge in [0, 0.05) is 36.8 Å². The predicted molar refractivity (Wildman–Crippen MR) is 91.5 cm³/mol. The Morgan fingerprint density at radius 1 is 1.21 bits per heavy atom. The van der Waals surface area contributed by atoms with Crippen molar-refractivity contribution in [1.29, 1.82) is 0 Å². The number of aryl methyl sites for hydroxylation is 1. The molecular formula is C17H17N3O3S. The average Bonchev–Trinajstić information content (AvgIpc) is 3.14. The molecule has 1 aliphatic heterocycles. The Balaban J connectivity index is 1.56. The van der Waals surface area contributed by atoms with Gasteiger partial charge in [-0.05, 0) is 6.92 Å². The molecule has 0 bridgehead atoms. The highest BCUT2D eigenvalue weighted by molar-refractivity contribution is 7.14. The van der Waals surface area contributed by atoms with Gasteiger partial charge in [0.2, 0.25) is 17.7 Å². The number of hydrogen-bond acceptors (Lipinski definition) is 5. The quantitative estimate of drug-likeness (QED) is 0.846. The number of carbonyl (C=O) groups is 3. The first-order valence-electron chi connectivity index (χ1n) is 7.68. The van der Waals surface area contributed by atoms with Gasteiger partial charge < -0.3 is 5.32 Å². The molecule has 1 aliphatic rings. The molecule has 0 atom stereocenters. The van der Waals surface area contributed by atoms with E-state index in [1.165, 1.54) is 16.9 Å². The highest BCUT2D eigenvalue weighted by Gasteiger charge is 2.28. The van der Waals surface area contributed by atoms with Crippen LogP contribution in [-0.2, 0) is 14.4 Å². The zero-order valence-electron chi connectivity index (χ0n) is 13.2. The molecule has 1 N–H and O–H groups in total.